The van der Waals surface area contributed by atoms with Crippen LogP contribution in [0.5, 0.6) is 0 Å². The molecular formula is C12H15ClN4. The van der Waals surface area contributed by atoms with E-state index in [0.717, 1.165) is 11.5 Å². The number of rotatable bonds is 1. The first kappa shape index (κ1) is 11.0. The fourth-order valence-electron chi connectivity index (χ4n) is 2.83. The van der Waals surface area contributed by atoms with E-state index in [9.17, 15) is 0 Å². The molecule has 2 aromatic rings. The molecule has 0 saturated heterocycles. The van der Waals surface area contributed by atoms with Crippen LogP contribution >= 0.6 is 11.6 Å². The molecule has 2 heterocycles. The first-order chi connectivity index (χ1) is 7.85. The second kappa shape index (κ2) is 2.99. The average molecular weight is 251 g/mol. The predicted molar refractivity (Wildman–Crippen MR) is 66.1 cm³/mol. The highest BCUT2D eigenvalue weighted by atomic mass is 35.5. The van der Waals surface area contributed by atoms with E-state index in [2.05, 4.69) is 42.9 Å². The predicted octanol–water partition coefficient (Wildman–Crippen LogP) is 2.93. The van der Waals surface area contributed by atoms with Crippen LogP contribution in [0.3, 0.4) is 0 Å². The van der Waals surface area contributed by atoms with Crippen molar-refractivity contribution in [1.29, 1.82) is 0 Å². The second-order valence-corrected chi connectivity index (χ2v) is 6.26. The zero-order chi connectivity index (χ0) is 12.4. The lowest BCUT2D eigenvalue weighted by Gasteiger charge is -2.03. The smallest absolute Gasteiger partial charge is 0.165 e. The second-order valence-electron chi connectivity index (χ2n) is 5.87. The Morgan fingerprint density at radius 2 is 1.82 bits per heavy atom. The van der Waals surface area contributed by atoms with Crippen molar-refractivity contribution in [2.24, 2.45) is 10.8 Å². The SMILES string of the molecule is CC1(C)C(c2nnc3cc(Cl)ncn23)C1(C)C. The molecular weight excluding hydrogens is 236 g/mol. The van der Waals surface area contributed by atoms with Gasteiger partial charge in [-0.15, -0.1) is 10.2 Å². The van der Waals surface area contributed by atoms with Gasteiger partial charge in [0, 0.05) is 12.0 Å². The van der Waals surface area contributed by atoms with Crippen molar-refractivity contribution >= 4 is 17.2 Å². The van der Waals surface area contributed by atoms with Crippen LogP contribution in [0, 0.1) is 10.8 Å². The first-order valence-corrected chi connectivity index (χ1v) is 6.09. The van der Waals surface area contributed by atoms with Crippen molar-refractivity contribution in [2.45, 2.75) is 33.6 Å². The van der Waals surface area contributed by atoms with Crippen LogP contribution in [0.25, 0.3) is 5.65 Å². The van der Waals surface area contributed by atoms with E-state index in [1.54, 1.807) is 12.4 Å². The van der Waals surface area contributed by atoms with Crippen LogP contribution in [-0.2, 0) is 0 Å². The number of hydrogen-bond donors (Lipinski definition) is 0. The zero-order valence-electron chi connectivity index (χ0n) is 10.4. The van der Waals surface area contributed by atoms with Crippen molar-refractivity contribution in [3.05, 3.63) is 23.4 Å². The van der Waals surface area contributed by atoms with Gasteiger partial charge in [0.05, 0.1) is 0 Å². The molecule has 1 saturated carbocycles. The van der Waals surface area contributed by atoms with Gasteiger partial charge in [-0.05, 0) is 10.8 Å². The lowest BCUT2D eigenvalue weighted by Crippen LogP contribution is -1.98. The number of halogens is 1. The summed E-state index contributed by atoms with van der Waals surface area (Å²) >= 11 is 5.84. The standard InChI is InChI=1S/C12H15ClN4/c1-11(2)9(12(11,3)4)10-16-15-8-5-7(13)14-6-17(8)10/h5-6,9H,1-4H3. The number of hydrogen-bond acceptors (Lipinski definition) is 3. The minimum Gasteiger partial charge on any atom is -0.269 e. The van der Waals surface area contributed by atoms with Crippen molar-refractivity contribution in [3.63, 3.8) is 0 Å². The molecule has 1 aliphatic carbocycles. The summed E-state index contributed by atoms with van der Waals surface area (Å²) in [5, 5.41) is 8.91. The largest absolute Gasteiger partial charge is 0.269 e. The molecule has 4 nitrogen and oxygen atoms in total. The van der Waals surface area contributed by atoms with Gasteiger partial charge in [-0.2, -0.15) is 0 Å². The van der Waals surface area contributed by atoms with Crippen LogP contribution in [0.1, 0.15) is 39.4 Å². The topological polar surface area (TPSA) is 43.1 Å². The van der Waals surface area contributed by atoms with Crippen molar-refractivity contribution < 1.29 is 0 Å². The Morgan fingerprint density at radius 1 is 1.18 bits per heavy atom. The Kier molecular flexibility index (Phi) is 1.93. The van der Waals surface area contributed by atoms with Gasteiger partial charge < -0.3 is 0 Å². The van der Waals surface area contributed by atoms with Crippen LogP contribution in [0.4, 0.5) is 0 Å². The summed E-state index contributed by atoms with van der Waals surface area (Å²) in [5.74, 6) is 1.40. The number of nitrogens with zero attached hydrogens (tertiary/aromatic N) is 4. The number of fused-ring (bicyclic) bond motifs is 1. The van der Waals surface area contributed by atoms with Gasteiger partial charge >= 0.3 is 0 Å². The summed E-state index contributed by atoms with van der Waals surface area (Å²) in [4.78, 5) is 4.09. The first-order valence-electron chi connectivity index (χ1n) is 5.72. The molecule has 0 aliphatic heterocycles. The Hall–Kier alpha value is -1.16. The Bertz CT molecular complexity index is 586. The molecule has 5 heteroatoms. The minimum atomic E-state index is 0.246. The fraction of sp³-hybridized carbons (Fsp3) is 0.583. The van der Waals surface area contributed by atoms with E-state index in [1.807, 2.05) is 4.40 Å². The Morgan fingerprint density at radius 3 is 2.41 bits per heavy atom. The van der Waals surface area contributed by atoms with Crippen LogP contribution in [0.2, 0.25) is 5.15 Å². The molecule has 0 bridgehead atoms. The van der Waals surface area contributed by atoms with Gasteiger partial charge in [0.2, 0.25) is 0 Å². The molecule has 0 radical (unpaired) electrons. The van der Waals surface area contributed by atoms with Gasteiger partial charge in [-0.25, -0.2) is 4.98 Å². The molecule has 2 aromatic heterocycles. The van der Waals surface area contributed by atoms with Gasteiger partial charge in [0.25, 0.3) is 0 Å². The van der Waals surface area contributed by atoms with E-state index < -0.39 is 0 Å². The molecule has 1 fully saturated rings. The van der Waals surface area contributed by atoms with E-state index in [1.165, 1.54) is 0 Å². The highest BCUT2D eigenvalue weighted by Gasteiger charge is 2.67. The number of aromatic nitrogens is 4. The van der Waals surface area contributed by atoms with E-state index in [-0.39, 0.29) is 10.8 Å². The van der Waals surface area contributed by atoms with Crippen LogP contribution in [-0.4, -0.2) is 19.6 Å². The lowest BCUT2D eigenvalue weighted by atomic mass is 10.0. The highest BCUT2D eigenvalue weighted by molar-refractivity contribution is 6.29. The summed E-state index contributed by atoms with van der Waals surface area (Å²) in [6.07, 6.45) is 1.71. The average Bonchev–Trinajstić information content (AvgIpc) is 2.58. The molecule has 17 heavy (non-hydrogen) atoms. The molecule has 1 aliphatic rings. The van der Waals surface area contributed by atoms with Crippen molar-refractivity contribution in [3.8, 4) is 0 Å². The summed E-state index contributed by atoms with van der Waals surface area (Å²) in [6.45, 7) is 9.06. The van der Waals surface area contributed by atoms with E-state index in [0.29, 0.717) is 11.1 Å². The molecule has 0 atom stereocenters. The Balaban J connectivity index is 2.15. The third-order valence-corrected chi connectivity index (χ3v) is 4.78. The third-order valence-electron chi connectivity index (χ3n) is 4.57. The molecule has 0 spiro atoms. The van der Waals surface area contributed by atoms with E-state index in [4.69, 9.17) is 11.6 Å². The van der Waals surface area contributed by atoms with Gasteiger partial charge in [-0.1, -0.05) is 39.3 Å². The van der Waals surface area contributed by atoms with Crippen molar-refractivity contribution in [2.75, 3.05) is 0 Å². The minimum absolute atomic E-state index is 0.246. The summed E-state index contributed by atoms with van der Waals surface area (Å²) in [6, 6.07) is 1.74. The monoisotopic (exact) mass is 250 g/mol. The maximum Gasteiger partial charge on any atom is 0.165 e. The molecule has 0 unspecified atom stereocenters. The molecule has 3 rings (SSSR count). The van der Waals surface area contributed by atoms with Crippen LogP contribution in [0.15, 0.2) is 12.4 Å². The fourth-order valence-corrected chi connectivity index (χ4v) is 2.97. The van der Waals surface area contributed by atoms with Gasteiger partial charge in [-0.3, -0.25) is 4.40 Å². The molecule has 0 aromatic carbocycles. The normalized spacial score (nSPS) is 21.9. The molecule has 0 N–H and O–H groups in total. The van der Waals surface area contributed by atoms with E-state index >= 15 is 0 Å². The maximum absolute atomic E-state index is 5.84. The zero-order valence-corrected chi connectivity index (χ0v) is 11.2. The lowest BCUT2D eigenvalue weighted by molar-refractivity contribution is 0.457. The third kappa shape index (κ3) is 1.27. The van der Waals surface area contributed by atoms with Crippen molar-refractivity contribution in [1.82, 2.24) is 19.6 Å². The summed E-state index contributed by atoms with van der Waals surface area (Å²) in [7, 11) is 0. The quantitative estimate of drug-likeness (QED) is 0.731. The van der Waals surface area contributed by atoms with Gasteiger partial charge in [0.15, 0.2) is 5.65 Å². The van der Waals surface area contributed by atoms with Crippen LogP contribution < -0.4 is 0 Å². The summed E-state index contributed by atoms with van der Waals surface area (Å²) < 4.78 is 1.94. The maximum atomic E-state index is 5.84. The van der Waals surface area contributed by atoms with Gasteiger partial charge in [0.1, 0.15) is 17.3 Å². The summed E-state index contributed by atoms with van der Waals surface area (Å²) in [5.41, 5.74) is 1.25. The molecule has 90 valence electrons. The Labute approximate surface area is 105 Å². The highest BCUT2D eigenvalue weighted by Crippen LogP contribution is 2.73. The molecule has 0 amide bonds.